The lowest BCUT2D eigenvalue weighted by Gasteiger charge is -2.31. The molecular formula is C22H28N2O3S. The van der Waals surface area contributed by atoms with Gasteiger partial charge < -0.3 is 4.74 Å². The first-order valence-electron chi connectivity index (χ1n) is 10.0. The lowest BCUT2D eigenvalue weighted by Crippen LogP contribution is -2.43. The van der Waals surface area contributed by atoms with Gasteiger partial charge in [-0.15, -0.1) is 0 Å². The van der Waals surface area contributed by atoms with Gasteiger partial charge in [-0.05, 0) is 55.0 Å². The molecule has 1 heterocycles. The average molecular weight is 401 g/mol. The number of rotatable bonds is 6. The van der Waals surface area contributed by atoms with E-state index in [9.17, 15) is 8.42 Å². The van der Waals surface area contributed by atoms with Crippen LogP contribution < -0.4 is 4.72 Å². The Morgan fingerprint density at radius 3 is 2.50 bits per heavy atom. The van der Waals surface area contributed by atoms with Crippen molar-refractivity contribution in [3.63, 3.8) is 0 Å². The third-order valence-corrected chi connectivity index (χ3v) is 7.17. The molecule has 1 N–H and O–H groups in total. The van der Waals surface area contributed by atoms with Gasteiger partial charge in [0, 0.05) is 19.6 Å². The molecule has 4 rings (SSSR count). The number of hydrogen-bond donors (Lipinski definition) is 1. The maximum Gasteiger partial charge on any atom is 0.241 e. The summed E-state index contributed by atoms with van der Waals surface area (Å²) in [5.74, 6) is 0. The van der Waals surface area contributed by atoms with Gasteiger partial charge in [-0.25, -0.2) is 13.1 Å². The van der Waals surface area contributed by atoms with Crippen molar-refractivity contribution in [3.8, 4) is 0 Å². The Kier molecular flexibility index (Phi) is 5.83. The maximum absolute atomic E-state index is 13.2. The Balaban J connectivity index is 1.59. The van der Waals surface area contributed by atoms with Crippen molar-refractivity contribution < 1.29 is 13.2 Å². The minimum absolute atomic E-state index is 0.294. The Morgan fingerprint density at radius 1 is 1.04 bits per heavy atom. The predicted molar refractivity (Wildman–Crippen MR) is 110 cm³/mol. The third-order valence-electron chi connectivity index (χ3n) is 5.70. The smallest absolute Gasteiger partial charge is 0.241 e. The van der Waals surface area contributed by atoms with E-state index in [1.54, 1.807) is 6.07 Å². The number of fused-ring (bicyclic) bond motifs is 1. The van der Waals surface area contributed by atoms with Crippen LogP contribution in [0.3, 0.4) is 0 Å². The second kappa shape index (κ2) is 8.33. The summed E-state index contributed by atoms with van der Waals surface area (Å²) in [6, 6.07) is 13.4. The van der Waals surface area contributed by atoms with Gasteiger partial charge in [0.25, 0.3) is 0 Å². The van der Waals surface area contributed by atoms with Crippen molar-refractivity contribution in [1.29, 1.82) is 0 Å². The second-order valence-corrected chi connectivity index (χ2v) is 9.50. The number of nitrogens with zero attached hydrogens (tertiary/aromatic N) is 1. The van der Waals surface area contributed by atoms with Crippen LogP contribution in [0, 0.1) is 6.92 Å². The van der Waals surface area contributed by atoms with Gasteiger partial charge in [0.05, 0.1) is 24.2 Å². The van der Waals surface area contributed by atoms with Crippen LogP contribution in [-0.4, -0.2) is 46.2 Å². The fraction of sp³-hybridized carbons (Fsp3) is 0.455. The molecule has 1 fully saturated rings. The lowest BCUT2D eigenvalue weighted by molar-refractivity contribution is 0.0345. The molecule has 1 unspecified atom stereocenters. The first-order valence-corrected chi connectivity index (χ1v) is 11.5. The van der Waals surface area contributed by atoms with Gasteiger partial charge in [0.2, 0.25) is 10.0 Å². The lowest BCUT2D eigenvalue weighted by atomic mass is 10.1. The van der Waals surface area contributed by atoms with Crippen molar-refractivity contribution in [2.45, 2.75) is 37.1 Å². The summed E-state index contributed by atoms with van der Waals surface area (Å²) in [6.07, 6.45) is 3.12. The summed E-state index contributed by atoms with van der Waals surface area (Å²) in [5, 5.41) is 0. The number of aryl methyl sites for hydroxylation is 3. The Labute approximate surface area is 167 Å². The third kappa shape index (κ3) is 4.46. The van der Waals surface area contributed by atoms with Crippen molar-refractivity contribution in [1.82, 2.24) is 9.62 Å². The minimum atomic E-state index is -3.60. The van der Waals surface area contributed by atoms with Crippen LogP contribution in [0.1, 0.15) is 34.7 Å². The van der Waals surface area contributed by atoms with Crippen molar-refractivity contribution in [2.75, 3.05) is 32.8 Å². The van der Waals surface area contributed by atoms with E-state index in [4.69, 9.17) is 4.74 Å². The molecule has 0 radical (unpaired) electrons. The molecule has 1 atom stereocenters. The second-order valence-electron chi connectivity index (χ2n) is 7.78. The number of benzene rings is 2. The molecule has 2 aromatic rings. The number of morpholine rings is 1. The van der Waals surface area contributed by atoms with Crippen LogP contribution in [0.4, 0.5) is 0 Å². The highest BCUT2D eigenvalue weighted by Crippen LogP contribution is 2.26. The van der Waals surface area contributed by atoms with Crippen LogP contribution in [0.5, 0.6) is 0 Å². The summed E-state index contributed by atoms with van der Waals surface area (Å²) in [7, 11) is -3.60. The number of nitrogens with one attached hydrogen (secondary N) is 1. The van der Waals surface area contributed by atoms with Crippen LogP contribution in [0.2, 0.25) is 0 Å². The molecule has 0 amide bonds. The molecular weight excluding hydrogens is 372 g/mol. The molecule has 5 nitrogen and oxygen atoms in total. The molecule has 0 spiro atoms. The zero-order chi connectivity index (χ0) is 19.6. The van der Waals surface area contributed by atoms with Crippen molar-refractivity contribution >= 4 is 10.0 Å². The first-order chi connectivity index (χ1) is 13.5. The zero-order valence-electron chi connectivity index (χ0n) is 16.4. The monoisotopic (exact) mass is 400 g/mol. The van der Waals surface area contributed by atoms with Crippen LogP contribution in [-0.2, 0) is 27.6 Å². The zero-order valence-corrected chi connectivity index (χ0v) is 17.2. The summed E-state index contributed by atoms with van der Waals surface area (Å²) in [5.41, 5.74) is 4.60. The fourth-order valence-corrected chi connectivity index (χ4v) is 5.29. The SMILES string of the molecule is Cc1ccc(C(CN2CCOCC2)NS(=O)(=O)c2ccc3c(c2)CCC3)cc1. The minimum Gasteiger partial charge on any atom is -0.379 e. The van der Waals surface area contributed by atoms with Crippen molar-refractivity contribution in [2.24, 2.45) is 0 Å². The van der Waals surface area contributed by atoms with Gasteiger partial charge in [-0.3, -0.25) is 4.90 Å². The Bertz CT molecular complexity index is 919. The standard InChI is InChI=1S/C22H28N2O3S/c1-17-5-7-19(8-6-17)22(16-24-11-13-27-14-12-24)23-28(25,26)21-10-9-18-3-2-4-20(18)15-21/h5-10,15,22-23H,2-4,11-14,16H2,1H3. The predicted octanol–water partition coefficient (Wildman–Crippen LogP) is 2.84. The summed E-state index contributed by atoms with van der Waals surface area (Å²) in [4.78, 5) is 2.63. The van der Waals surface area contributed by atoms with Gasteiger partial charge in [0.15, 0.2) is 0 Å². The molecule has 1 aliphatic heterocycles. The molecule has 0 bridgehead atoms. The highest BCUT2D eigenvalue weighted by atomic mass is 32.2. The van der Waals surface area contributed by atoms with E-state index in [-0.39, 0.29) is 6.04 Å². The summed E-state index contributed by atoms with van der Waals surface area (Å²) < 4.78 is 34.7. The number of ether oxygens (including phenoxy) is 1. The summed E-state index contributed by atoms with van der Waals surface area (Å²) >= 11 is 0. The Morgan fingerprint density at radius 2 is 1.75 bits per heavy atom. The van der Waals surface area contributed by atoms with Crippen LogP contribution in [0.15, 0.2) is 47.4 Å². The normalized spacial score (nSPS) is 18.8. The quantitative estimate of drug-likeness (QED) is 0.810. The molecule has 28 heavy (non-hydrogen) atoms. The van der Waals surface area contributed by atoms with E-state index in [1.807, 2.05) is 43.3 Å². The van der Waals surface area contributed by atoms with Gasteiger partial charge >= 0.3 is 0 Å². The number of sulfonamides is 1. The molecule has 0 aromatic heterocycles. The van der Waals surface area contributed by atoms with E-state index in [2.05, 4.69) is 9.62 Å². The molecule has 150 valence electrons. The Hall–Kier alpha value is -1.73. The van der Waals surface area contributed by atoms with Crippen LogP contribution in [0.25, 0.3) is 0 Å². The molecule has 1 aliphatic carbocycles. The molecule has 0 saturated carbocycles. The van der Waals surface area contributed by atoms with Gasteiger partial charge in [0.1, 0.15) is 0 Å². The first kappa shape index (κ1) is 19.6. The van der Waals surface area contributed by atoms with Gasteiger partial charge in [-0.1, -0.05) is 35.9 Å². The van der Waals surface area contributed by atoms with Crippen LogP contribution >= 0.6 is 0 Å². The molecule has 1 saturated heterocycles. The number of hydrogen-bond acceptors (Lipinski definition) is 4. The largest absolute Gasteiger partial charge is 0.379 e. The highest BCUT2D eigenvalue weighted by Gasteiger charge is 2.25. The summed E-state index contributed by atoms with van der Waals surface area (Å²) in [6.45, 7) is 5.70. The molecule has 2 aliphatic rings. The highest BCUT2D eigenvalue weighted by molar-refractivity contribution is 7.89. The molecule has 2 aromatic carbocycles. The van der Waals surface area contributed by atoms with E-state index in [0.29, 0.717) is 24.7 Å². The van der Waals surface area contributed by atoms with Crippen molar-refractivity contribution in [3.05, 3.63) is 64.7 Å². The van der Waals surface area contributed by atoms with E-state index in [1.165, 1.54) is 11.1 Å². The topological polar surface area (TPSA) is 58.6 Å². The maximum atomic E-state index is 13.2. The fourth-order valence-electron chi connectivity index (χ4n) is 4.02. The van der Waals surface area contributed by atoms with E-state index >= 15 is 0 Å². The van der Waals surface area contributed by atoms with E-state index < -0.39 is 10.0 Å². The van der Waals surface area contributed by atoms with E-state index in [0.717, 1.165) is 43.5 Å². The molecule has 6 heteroatoms. The average Bonchev–Trinajstić information content (AvgIpc) is 3.17. The van der Waals surface area contributed by atoms with Gasteiger partial charge in [-0.2, -0.15) is 0 Å².